The molecule has 0 spiro atoms. The first-order valence-electron chi connectivity index (χ1n) is 19.5. The third-order valence-electron chi connectivity index (χ3n) is 11.1. The van der Waals surface area contributed by atoms with E-state index in [0.717, 1.165) is 82.8 Å². The lowest BCUT2D eigenvalue weighted by Gasteiger charge is -2.19. The van der Waals surface area contributed by atoms with Crippen LogP contribution in [0.4, 0.5) is 0 Å². The lowest BCUT2D eigenvalue weighted by Crippen LogP contribution is -2.04. The van der Waals surface area contributed by atoms with Crippen molar-refractivity contribution in [3.63, 3.8) is 0 Å². The van der Waals surface area contributed by atoms with Gasteiger partial charge < -0.3 is 9.13 Å². The number of aromatic nitrogens is 6. The van der Waals surface area contributed by atoms with Gasteiger partial charge in [-0.05, 0) is 72.8 Å². The summed E-state index contributed by atoms with van der Waals surface area (Å²) in [6, 6.07) is 61.3. The molecule has 0 bridgehead atoms. The summed E-state index contributed by atoms with van der Waals surface area (Å²) in [5.74, 6) is 1.68. The number of nitriles is 2. The molecule has 0 fully saturated rings. The maximum atomic E-state index is 9.91. The Hall–Kier alpha value is -8.72. The van der Waals surface area contributed by atoms with Crippen LogP contribution in [0.1, 0.15) is 11.1 Å². The second-order valence-electron chi connectivity index (χ2n) is 14.6. The van der Waals surface area contributed by atoms with Gasteiger partial charge in [-0.1, -0.05) is 97.1 Å². The van der Waals surface area contributed by atoms with Crippen molar-refractivity contribution in [2.45, 2.75) is 0 Å². The number of rotatable bonds is 6. The molecule has 8 heteroatoms. The number of benzene rings is 7. The average molecular weight is 767 g/mol. The van der Waals surface area contributed by atoms with Gasteiger partial charge in [-0.15, -0.1) is 0 Å². The molecule has 0 radical (unpaired) electrons. The number of para-hydroxylation sites is 2. The highest BCUT2D eigenvalue weighted by Gasteiger charge is 2.23. The Morgan fingerprint density at radius 3 is 1.38 bits per heavy atom. The van der Waals surface area contributed by atoms with Crippen LogP contribution in [0.2, 0.25) is 0 Å². The summed E-state index contributed by atoms with van der Waals surface area (Å²) < 4.78 is 4.53. The molecule has 0 aliphatic rings. The maximum absolute atomic E-state index is 9.91. The molecule has 0 amide bonds. The van der Waals surface area contributed by atoms with E-state index in [1.807, 2.05) is 140 Å². The van der Waals surface area contributed by atoms with Gasteiger partial charge in [0.15, 0.2) is 17.5 Å². The summed E-state index contributed by atoms with van der Waals surface area (Å²) in [6.45, 7) is 0. The molecule has 8 nitrogen and oxygen atoms in total. The predicted octanol–water partition coefficient (Wildman–Crippen LogP) is 11.9. The van der Waals surface area contributed by atoms with Crippen LogP contribution in [0.25, 0.3) is 100 Å². The van der Waals surface area contributed by atoms with Gasteiger partial charge in [0.2, 0.25) is 0 Å². The molecule has 0 N–H and O–H groups in total. The van der Waals surface area contributed by atoms with Crippen LogP contribution < -0.4 is 0 Å². The highest BCUT2D eigenvalue weighted by atomic mass is 15.0. The second kappa shape index (κ2) is 14.0. The Balaban J connectivity index is 1.23. The quantitative estimate of drug-likeness (QED) is 0.167. The monoisotopic (exact) mass is 766 g/mol. The van der Waals surface area contributed by atoms with E-state index in [-0.39, 0.29) is 0 Å². The molecule has 0 aliphatic carbocycles. The molecule has 11 rings (SSSR count). The molecule has 4 heterocycles. The Labute approximate surface area is 344 Å². The van der Waals surface area contributed by atoms with E-state index in [1.165, 1.54) is 0 Å². The molecule has 278 valence electrons. The molecular weight excluding hydrogens is 737 g/mol. The second-order valence-corrected chi connectivity index (χ2v) is 14.6. The minimum absolute atomic E-state index is 0.530. The Kier molecular flexibility index (Phi) is 8.07. The number of hydrogen-bond donors (Lipinski definition) is 0. The van der Waals surface area contributed by atoms with E-state index in [1.54, 1.807) is 0 Å². The van der Waals surface area contributed by atoms with Crippen LogP contribution in [-0.4, -0.2) is 29.1 Å². The zero-order valence-electron chi connectivity index (χ0n) is 31.9. The van der Waals surface area contributed by atoms with Crippen molar-refractivity contribution in [1.82, 2.24) is 29.1 Å². The zero-order chi connectivity index (χ0) is 40.2. The van der Waals surface area contributed by atoms with Gasteiger partial charge in [-0.3, -0.25) is 4.98 Å². The third-order valence-corrected chi connectivity index (χ3v) is 11.1. The van der Waals surface area contributed by atoms with Crippen molar-refractivity contribution in [2.24, 2.45) is 0 Å². The van der Waals surface area contributed by atoms with Crippen molar-refractivity contribution in [3.05, 3.63) is 193 Å². The fraction of sp³-hybridized carbons (Fsp3) is 0. The smallest absolute Gasteiger partial charge is 0.164 e. The fourth-order valence-corrected chi connectivity index (χ4v) is 8.42. The highest BCUT2D eigenvalue weighted by molar-refractivity contribution is 6.12. The predicted molar refractivity (Wildman–Crippen MR) is 237 cm³/mol. The van der Waals surface area contributed by atoms with Gasteiger partial charge in [-0.2, -0.15) is 10.5 Å². The van der Waals surface area contributed by atoms with Crippen LogP contribution in [0.15, 0.2) is 182 Å². The normalized spacial score (nSPS) is 11.3. The van der Waals surface area contributed by atoms with Gasteiger partial charge in [0, 0.05) is 61.8 Å². The van der Waals surface area contributed by atoms with E-state index in [9.17, 15) is 10.5 Å². The van der Waals surface area contributed by atoms with Gasteiger partial charge in [0.05, 0.1) is 56.7 Å². The van der Waals surface area contributed by atoms with Gasteiger partial charge in [0.1, 0.15) is 0 Å². The van der Waals surface area contributed by atoms with Crippen molar-refractivity contribution < 1.29 is 0 Å². The van der Waals surface area contributed by atoms with Crippen LogP contribution in [0.3, 0.4) is 0 Å². The van der Waals surface area contributed by atoms with E-state index < -0.39 is 0 Å². The van der Waals surface area contributed by atoms with E-state index in [0.29, 0.717) is 28.6 Å². The minimum atomic E-state index is 0.530. The summed E-state index contributed by atoms with van der Waals surface area (Å²) in [4.78, 5) is 19.9. The molecule has 11 aromatic rings. The van der Waals surface area contributed by atoms with Crippen molar-refractivity contribution in [2.75, 3.05) is 0 Å². The van der Waals surface area contributed by atoms with Gasteiger partial charge in [-0.25, -0.2) is 15.0 Å². The fourth-order valence-electron chi connectivity index (χ4n) is 8.42. The maximum Gasteiger partial charge on any atom is 0.164 e. The summed E-state index contributed by atoms with van der Waals surface area (Å²) in [5, 5.41) is 23.8. The van der Waals surface area contributed by atoms with Crippen LogP contribution in [0.5, 0.6) is 0 Å². The molecule has 0 atom stereocenters. The van der Waals surface area contributed by atoms with E-state index >= 15 is 0 Å². The Morgan fingerprint density at radius 1 is 0.383 bits per heavy atom. The number of pyridine rings is 1. The van der Waals surface area contributed by atoms with Gasteiger partial charge >= 0.3 is 0 Å². The molecule has 7 aromatic carbocycles. The van der Waals surface area contributed by atoms with Crippen molar-refractivity contribution >= 4 is 43.6 Å². The van der Waals surface area contributed by atoms with Crippen molar-refractivity contribution in [1.29, 1.82) is 10.5 Å². The summed E-state index contributed by atoms with van der Waals surface area (Å²) in [7, 11) is 0. The van der Waals surface area contributed by atoms with Gasteiger partial charge in [0.25, 0.3) is 0 Å². The van der Waals surface area contributed by atoms with E-state index in [2.05, 4.69) is 63.7 Å². The molecule has 0 unspecified atom stereocenters. The largest absolute Gasteiger partial charge is 0.309 e. The molecule has 0 saturated heterocycles. The summed E-state index contributed by atoms with van der Waals surface area (Å²) in [6.07, 6.45) is 3.74. The lowest BCUT2D eigenvalue weighted by molar-refractivity contribution is 1.07. The molecular formula is C52H30N8. The average Bonchev–Trinajstić information content (AvgIpc) is 3.83. The topological polar surface area (TPSA) is 109 Å². The number of hydrogen-bond acceptors (Lipinski definition) is 6. The SMILES string of the molecule is N#Cc1ccc2c(c1)c1ccccc1n2-c1ccncc1-c1cc(-c2nc(-c3ccccc3)nc(-c3ccccc3)n2)ccc1-n1c2ccccc2c2cc(C#N)ccc21. The first-order chi connectivity index (χ1) is 29.7. The Bertz CT molecular complexity index is 3510. The molecule has 4 aromatic heterocycles. The first-order valence-corrected chi connectivity index (χ1v) is 19.5. The van der Waals surface area contributed by atoms with Crippen LogP contribution in [-0.2, 0) is 0 Å². The summed E-state index contributed by atoms with van der Waals surface area (Å²) >= 11 is 0. The number of nitrogens with zero attached hydrogens (tertiary/aromatic N) is 8. The summed E-state index contributed by atoms with van der Waals surface area (Å²) in [5.41, 5.74) is 11.3. The highest BCUT2D eigenvalue weighted by Crippen LogP contribution is 2.42. The Morgan fingerprint density at radius 2 is 0.850 bits per heavy atom. The molecule has 0 aliphatic heterocycles. The minimum Gasteiger partial charge on any atom is -0.309 e. The van der Waals surface area contributed by atoms with E-state index in [4.69, 9.17) is 19.9 Å². The first kappa shape index (κ1) is 34.5. The zero-order valence-corrected chi connectivity index (χ0v) is 31.9. The third kappa shape index (κ3) is 5.60. The number of fused-ring (bicyclic) bond motifs is 6. The standard InChI is InChI=1S/C52H30N8/c53-30-33-19-22-46-40(27-33)38-15-7-9-17-44(38)59(46)48-24-21-37(52-57-50(35-11-3-1-4-12-35)56-51(58-52)36-13-5-2-6-14-36)29-42(48)43-32-55-26-25-49(43)60-45-18-10-8-16-39(45)41-28-34(31-54)20-23-47(41)60/h1-29,32H. The lowest BCUT2D eigenvalue weighted by atomic mass is 9.99. The van der Waals surface area contributed by atoms with Crippen molar-refractivity contribution in [3.8, 4) is 68.8 Å². The van der Waals surface area contributed by atoms with Crippen LogP contribution in [0, 0.1) is 22.7 Å². The molecule has 0 saturated carbocycles. The molecule has 60 heavy (non-hydrogen) atoms. The van der Waals surface area contributed by atoms with Crippen LogP contribution >= 0.6 is 0 Å².